The molecule has 0 saturated carbocycles. The fraction of sp³-hybridized carbons (Fsp3) is 0.0769. The molecule has 1 aromatic heterocycles. The Balaban J connectivity index is 2.19. The Hall–Kier alpha value is -1.39. The number of carbonyl (C=O) groups is 1. The summed E-state index contributed by atoms with van der Waals surface area (Å²) in [6.45, 7) is 1.84. The second-order valence-electron chi connectivity index (χ2n) is 3.78. The maximum atomic E-state index is 12.0. The van der Waals surface area contributed by atoms with Crippen molar-refractivity contribution in [2.24, 2.45) is 0 Å². The molecular weight excluding hydrogens is 316 g/mol. The molecule has 0 saturated heterocycles. The molecule has 0 atom stereocenters. The van der Waals surface area contributed by atoms with E-state index in [-0.39, 0.29) is 5.91 Å². The summed E-state index contributed by atoms with van der Waals surface area (Å²) >= 11 is 9.14. The average molecular weight is 326 g/mol. The van der Waals surface area contributed by atoms with Crippen molar-refractivity contribution < 1.29 is 4.79 Å². The van der Waals surface area contributed by atoms with Gasteiger partial charge in [-0.05, 0) is 58.7 Å². The van der Waals surface area contributed by atoms with Gasteiger partial charge in [-0.15, -0.1) is 0 Å². The minimum absolute atomic E-state index is 0.195. The van der Waals surface area contributed by atoms with Crippen LogP contribution in [-0.2, 0) is 0 Å². The van der Waals surface area contributed by atoms with E-state index in [2.05, 4.69) is 26.2 Å². The number of benzene rings is 1. The summed E-state index contributed by atoms with van der Waals surface area (Å²) in [5.74, 6) is 0.316. The number of nitrogens with zero attached hydrogens (tertiary/aromatic N) is 1. The number of aromatic nitrogens is 1. The molecule has 5 heteroatoms. The van der Waals surface area contributed by atoms with Crippen LogP contribution >= 0.6 is 27.5 Å². The Bertz CT molecular complexity index is 584. The van der Waals surface area contributed by atoms with Gasteiger partial charge in [-0.25, -0.2) is 4.98 Å². The van der Waals surface area contributed by atoms with Gasteiger partial charge in [0.2, 0.25) is 0 Å². The molecule has 0 spiro atoms. The van der Waals surface area contributed by atoms with Crippen LogP contribution < -0.4 is 5.32 Å². The molecule has 0 aliphatic carbocycles. The molecule has 0 bridgehead atoms. The molecule has 92 valence electrons. The highest BCUT2D eigenvalue weighted by Gasteiger charge is 2.09. The van der Waals surface area contributed by atoms with Crippen molar-refractivity contribution >= 4 is 39.3 Å². The molecule has 2 aromatic rings. The Morgan fingerprint density at radius 1 is 1.33 bits per heavy atom. The third kappa shape index (κ3) is 3.09. The first-order valence-corrected chi connectivity index (χ1v) is 6.42. The van der Waals surface area contributed by atoms with Crippen molar-refractivity contribution in [2.75, 3.05) is 5.32 Å². The largest absolute Gasteiger partial charge is 0.307 e. The third-order valence-electron chi connectivity index (χ3n) is 2.40. The molecule has 0 fully saturated rings. The SMILES string of the molecule is Cc1cc(Cl)ccc1C(=O)Nc1ccc(Br)cn1. The first-order valence-electron chi connectivity index (χ1n) is 5.25. The lowest BCUT2D eigenvalue weighted by molar-refractivity contribution is 0.102. The summed E-state index contributed by atoms with van der Waals surface area (Å²) < 4.78 is 0.864. The van der Waals surface area contributed by atoms with E-state index >= 15 is 0 Å². The number of nitrogens with one attached hydrogen (secondary N) is 1. The lowest BCUT2D eigenvalue weighted by atomic mass is 10.1. The van der Waals surface area contributed by atoms with E-state index in [1.807, 2.05) is 13.0 Å². The van der Waals surface area contributed by atoms with Gasteiger partial charge in [-0.1, -0.05) is 11.6 Å². The lowest BCUT2D eigenvalue weighted by Gasteiger charge is -2.07. The molecule has 0 radical (unpaired) electrons. The number of pyridine rings is 1. The van der Waals surface area contributed by atoms with Crippen LogP contribution in [0.1, 0.15) is 15.9 Å². The normalized spacial score (nSPS) is 10.2. The van der Waals surface area contributed by atoms with Gasteiger partial charge in [-0.3, -0.25) is 4.79 Å². The molecule has 0 aliphatic rings. The molecule has 1 N–H and O–H groups in total. The molecule has 2 rings (SSSR count). The summed E-state index contributed by atoms with van der Waals surface area (Å²) in [4.78, 5) is 16.1. The second kappa shape index (κ2) is 5.50. The van der Waals surface area contributed by atoms with E-state index in [1.54, 1.807) is 30.5 Å². The molecule has 1 amide bonds. The summed E-state index contributed by atoms with van der Waals surface area (Å²) in [7, 11) is 0. The first-order chi connectivity index (χ1) is 8.56. The summed E-state index contributed by atoms with van der Waals surface area (Å²) in [6, 6.07) is 8.69. The molecular formula is C13H10BrClN2O. The highest BCUT2D eigenvalue weighted by molar-refractivity contribution is 9.10. The first kappa shape index (κ1) is 13.1. The van der Waals surface area contributed by atoms with Crippen molar-refractivity contribution in [1.29, 1.82) is 0 Å². The van der Waals surface area contributed by atoms with Gasteiger partial charge in [0, 0.05) is 21.3 Å². The second-order valence-corrected chi connectivity index (χ2v) is 5.13. The van der Waals surface area contributed by atoms with Crippen LogP contribution in [0.25, 0.3) is 0 Å². The van der Waals surface area contributed by atoms with Crippen LogP contribution in [0.5, 0.6) is 0 Å². The van der Waals surface area contributed by atoms with Gasteiger partial charge >= 0.3 is 0 Å². The number of amides is 1. The number of rotatable bonds is 2. The fourth-order valence-corrected chi connectivity index (χ4v) is 1.98. The van der Waals surface area contributed by atoms with Crippen LogP contribution in [0, 0.1) is 6.92 Å². The third-order valence-corrected chi connectivity index (χ3v) is 3.11. The minimum Gasteiger partial charge on any atom is -0.307 e. The Morgan fingerprint density at radius 2 is 2.11 bits per heavy atom. The fourth-order valence-electron chi connectivity index (χ4n) is 1.52. The Kier molecular flexibility index (Phi) is 3.99. The van der Waals surface area contributed by atoms with Gasteiger partial charge in [0.05, 0.1) is 0 Å². The Labute approximate surface area is 118 Å². The molecule has 0 unspecified atom stereocenters. The molecule has 0 aliphatic heterocycles. The zero-order valence-electron chi connectivity index (χ0n) is 9.58. The summed E-state index contributed by atoms with van der Waals surface area (Å²) in [6.07, 6.45) is 1.63. The molecule has 1 heterocycles. The Morgan fingerprint density at radius 3 is 2.72 bits per heavy atom. The van der Waals surface area contributed by atoms with Crippen LogP contribution in [0.3, 0.4) is 0 Å². The summed E-state index contributed by atoms with van der Waals surface area (Å²) in [5.41, 5.74) is 1.42. The summed E-state index contributed by atoms with van der Waals surface area (Å²) in [5, 5.41) is 3.35. The number of halogens is 2. The van der Waals surface area contributed by atoms with E-state index < -0.39 is 0 Å². The van der Waals surface area contributed by atoms with Gasteiger partial charge in [0.25, 0.3) is 5.91 Å². The highest BCUT2D eigenvalue weighted by Crippen LogP contribution is 2.17. The van der Waals surface area contributed by atoms with Crippen molar-refractivity contribution in [3.63, 3.8) is 0 Å². The van der Waals surface area contributed by atoms with E-state index in [9.17, 15) is 4.79 Å². The van der Waals surface area contributed by atoms with Crippen LogP contribution in [-0.4, -0.2) is 10.9 Å². The quantitative estimate of drug-likeness (QED) is 0.905. The topological polar surface area (TPSA) is 42.0 Å². The molecule has 18 heavy (non-hydrogen) atoms. The lowest BCUT2D eigenvalue weighted by Crippen LogP contribution is -2.14. The van der Waals surface area contributed by atoms with Crippen molar-refractivity contribution in [3.8, 4) is 0 Å². The van der Waals surface area contributed by atoms with Crippen LogP contribution in [0.4, 0.5) is 5.82 Å². The maximum absolute atomic E-state index is 12.0. The number of aryl methyl sites for hydroxylation is 1. The molecule has 3 nitrogen and oxygen atoms in total. The van der Waals surface area contributed by atoms with Gasteiger partial charge < -0.3 is 5.32 Å². The standard InChI is InChI=1S/C13H10BrClN2O/c1-8-6-10(15)3-4-11(8)13(18)17-12-5-2-9(14)7-16-12/h2-7H,1H3,(H,16,17,18). The van der Waals surface area contributed by atoms with Gasteiger partial charge in [0.1, 0.15) is 5.82 Å². The number of carbonyl (C=O) groups excluding carboxylic acids is 1. The highest BCUT2D eigenvalue weighted by atomic mass is 79.9. The maximum Gasteiger partial charge on any atom is 0.257 e. The van der Waals surface area contributed by atoms with Crippen molar-refractivity contribution in [1.82, 2.24) is 4.98 Å². The van der Waals surface area contributed by atoms with E-state index in [1.165, 1.54) is 0 Å². The van der Waals surface area contributed by atoms with Crippen LogP contribution in [0.15, 0.2) is 41.0 Å². The van der Waals surface area contributed by atoms with Crippen molar-refractivity contribution in [2.45, 2.75) is 6.92 Å². The number of hydrogen-bond donors (Lipinski definition) is 1. The minimum atomic E-state index is -0.195. The predicted molar refractivity (Wildman–Crippen MR) is 76.1 cm³/mol. The zero-order chi connectivity index (χ0) is 13.1. The average Bonchev–Trinajstić information content (AvgIpc) is 2.32. The van der Waals surface area contributed by atoms with Crippen molar-refractivity contribution in [3.05, 3.63) is 57.2 Å². The zero-order valence-corrected chi connectivity index (χ0v) is 11.9. The van der Waals surface area contributed by atoms with E-state index in [0.717, 1.165) is 10.0 Å². The number of hydrogen-bond acceptors (Lipinski definition) is 2. The smallest absolute Gasteiger partial charge is 0.257 e. The number of anilines is 1. The predicted octanol–water partition coefficient (Wildman–Crippen LogP) is 4.06. The van der Waals surface area contributed by atoms with E-state index in [4.69, 9.17) is 11.6 Å². The van der Waals surface area contributed by atoms with E-state index in [0.29, 0.717) is 16.4 Å². The monoisotopic (exact) mass is 324 g/mol. The molecule has 1 aromatic carbocycles. The van der Waals surface area contributed by atoms with Gasteiger partial charge in [-0.2, -0.15) is 0 Å². The van der Waals surface area contributed by atoms with Gasteiger partial charge in [0.15, 0.2) is 0 Å². The van der Waals surface area contributed by atoms with Crippen LogP contribution in [0.2, 0.25) is 5.02 Å².